The highest BCUT2D eigenvalue weighted by molar-refractivity contribution is 5.50. The molecule has 0 amide bonds. The third-order valence-electron chi connectivity index (χ3n) is 4.46. The SMILES string of the molecule is N#Cc1ccc(-n2cc(C(F)(F)F)c3c2CCC(F)(F)[C@H]3O)cc1CF. The van der Waals surface area contributed by atoms with Crippen LogP contribution in [0.2, 0.25) is 0 Å². The van der Waals surface area contributed by atoms with Crippen molar-refractivity contribution < 1.29 is 31.4 Å². The monoisotopic (exact) mass is 374 g/mol. The highest BCUT2D eigenvalue weighted by Crippen LogP contribution is 2.48. The number of nitriles is 1. The number of benzene rings is 1. The molecular formula is C17H12F6N2O. The van der Waals surface area contributed by atoms with Gasteiger partial charge in [0.2, 0.25) is 0 Å². The maximum absolute atomic E-state index is 13.8. The quantitative estimate of drug-likeness (QED) is 0.790. The Bertz CT molecular complexity index is 894. The molecule has 0 radical (unpaired) electrons. The molecule has 9 heteroatoms. The van der Waals surface area contributed by atoms with Crippen molar-refractivity contribution in [3.63, 3.8) is 0 Å². The molecule has 0 aliphatic heterocycles. The average molecular weight is 374 g/mol. The van der Waals surface area contributed by atoms with Crippen molar-refractivity contribution >= 4 is 0 Å². The van der Waals surface area contributed by atoms with Crippen LogP contribution in [0.1, 0.15) is 40.5 Å². The van der Waals surface area contributed by atoms with E-state index in [2.05, 4.69) is 0 Å². The second-order valence-electron chi connectivity index (χ2n) is 6.02. The van der Waals surface area contributed by atoms with Crippen LogP contribution in [0.3, 0.4) is 0 Å². The van der Waals surface area contributed by atoms with E-state index in [1.165, 1.54) is 18.2 Å². The number of hydrogen-bond donors (Lipinski definition) is 1. The maximum Gasteiger partial charge on any atom is 0.418 e. The minimum absolute atomic E-state index is 0.0253. The fraction of sp³-hybridized carbons (Fsp3) is 0.353. The molecule has 1 aliphatic rings. The molecule has 0 saturated heterocycles. The van der Waals surface area contributed by atoms with Gasteiger partial charge in [-0.25, -0.2) is 13.2 Å². The van der Waals surface area contributed by atoms with Gasteiger partial charge in [-0.1, -0.05) is 0 Å². The maximum atomic E-state index is 13.8. The zero-order chi connectivity index (χ0) is 19.3. The summed E-state index contributed by atoms with van der Waals surface area (Å²) in [5, 5.41) is 18.7. The Morgan fingerprint density at radius 2 is 2.00 bits per heavy atom. The van der Waals surface area contributed by atoms with Crippen molar-refractivity contribution in [1.82, 2.24) is 4.57 Å². The first-order valence-corrected chi connectivity index (χ1v) is 7.56. The lowest BCUT2D eigenvalue weighted by Crippen LogP contribution is -2.33. The molecular weight excluding hydrogens is 362 g/mol. The molecule has 1 aromatic heterocycles. The first-order valence-electron chi connectivity index (χ1n) is 7.56. The van der Waals surface area contributed by atoms with E-state index < -0.39 is 42.4 Å². The molecule has 26 heavy (non-hydrogen) atoms. The summed E-state index contributed by atoms with van der Waals surface area (Å²) < 4.78 is 81.6. The zero-order valence-corrected chi connectivity index (χ0v) is 13.1. The average Bonchev–Trinajstić information content (AvgIpc) is 2.98. The zero-order valence-electron chi connectivity index (χ0n) is 13.1. The van der Waals surface area contributed by atoms with E-state index in [0.29, 0.717) is 6.20 Å². The van der Waals surface area contributed by atoms with Crippen molar-refractivity contribution in [2.45, 2.75) is 37.7 Å². The van der Waals surface area contributed by atoms with Gasteiger partial charge in [-0.2, -0.15) is 18.4 Å². The number of nitrogens with zero attached hydrogens (tertiary/aromatic N) is 2. The predicted molar refractivity (Wildman–Crippen MR) is 78.5 cm³/mol. The van der Waals surface area contributed by atoms with Crippen LogP contribution in [0.5, 0.6) is 0 Å². The standard InChI is InChI=1S/C17H12F6N2O/c18-6-10-5-11(2-1-9(10)7-24)25-8-12(17(21,22)23)14-13(25)3-4-16(19,20)15(14)26/h1-2,5,8,15,26H,3-4,6H2/t15-/m0/s1. The van der Waals surface area contributed by atoms with Crippen molar-refractivity contribution in [3.8, 4) is 11.8 Å². The number of fused-ring (bicyclic) bond motifs is 1. The van der Waals surface area contributed by atoms with E-state index in [1.807, 2.05) is 0 Å². The summed E-state index contributed by atoms with van der Waals surface area (Å²) in [4.78, 5) is 0. The smallest absolute Gasteiger partial charge is 0.382 e. The Morgan fingerprint density at radius 3 is 2.58 bits per heavy atom. The molecule has 2 aromatic rings. The first kappa shape index (κ1) is 18.3. The molecule has 0 saturated carbocycles. The van der Waals surface area contributed by atoms with Crippen molar-refractivity contribution in [1.29, 1.82) is 5.26 Å². The fourth-order valence-corrected chi connectivity index (χ4v) is 3.16. The van der Waals surface area contributed by atoms with Gasteiger partial charge in [0.05, 0.1) is 17.2 Å². The van der Waals surface area contributed by atoms with Crippen LogP contribution in [0.4, 0.5) is 26.3 Å². The number of alkyl halides is 6. The lowest BCUT2D eigenvalue weighted by molar-refractivity contribution is -0.147. The molecule has 0 unspecified atom stereocenters. The lowest BCUT2D eigenvalue weighted by Gasteiger charge is -2.29. The molecule has 1 aliphatic carbocycles. The highest BCUT2D eigenvalue weighted by Gasteiger charge is 2.50. The number of hydrogen-bond acceptors (Lipinski definition) is 2. The van der Waals surface area contributed by atoms with Crippen LogP contribution in [0, 0.1) is 11.3 Å². The molecule has 138 valence electrons. The molecule has 0 bridgehead atoms. The van der Waals surface area contributed by atoms with E-state index >= 15 is 0 Å². The summed E-state index contributed by atoms with van der Waals surface area (Å²) in [6.45, 7) is -1.01. The van der Waals surface area contributed by atoms with Crippen LogP contribution in [0.25, 0.3) is 5.69 Å². The molecule has 1 heterocycles. The second-order valence-corrected chi connectivity index (χ2v) is 6.02. The third-order valence-corrected chi connectivity index (χ3v) is 4.46. The van der Waals surface area contributed by atoms with Crippen LogP contribution in [0.15, 0.2) is 24.4 Å². The van der Waals surface area contributed by atoms with Gasteiger partial charge in [0.25, 0.3) is 5.92 Å². The van der Waals surface area contributed by atoms with Gasteiger partial charge in [-0.05, 0) is 24.6 Å². The molecule has 3 rings (SSSR count). The van der Waals surface area contributed by atoms with Crippen LogP contribution in [-0.4, -0.2) is 15.6 Å². The van der Waals surface area contributed by atoms with E-state index in [4.69, 9.17) is 5.26 Å². The largest absolute Gasteiger partial charge is 0.418 e. The van der Waals surface area contributed by atoms with E-state index in [9.17, 15) is 31.4 Å². The van der Waals surface area contributed by atoms with Gasteiger partial charge in [0.1, 0.15) is 12.8 Å². The van der Waals surface area contributed by atoms with Crippen LogP contribution in [-0.2, 0) is 19.3 Å². The first-order chi connectivity index (χ1) is 12.1. The predicted octanol–water partition coefficient (Wildman–Crippen LogP) is 4.45. The molecule has 1 atom stereocenters. The van der Waals surface area contributed by atoms with Gasteiger partial charge in [0.15, 0.2) is 0 Å². The normalized spacial score (nSPS) is 19.1. The van der Waals surface area contributed by atoms with Crippen LogP contribution >= 0.6 is 0 Å². The number of halogens is 6. The summed E-state index contributed by atoms with van der Waals surface area (Å²) in [7, 11) is 0. The number of rotatable bonds is 2. The Balaban J connectivity index is 2.24. The number of aliphatic hydroxyl groups excluding tert-OH is 1. The van der Waals surface area contributed by atoms with E-state index in [1.54, 1.807) is 6.07 Å². The Labute approximate surface area is 144 Å². The molecule has 0 fully saturated rings. The van der Waals surface area contributed by atoms with Gasteiger partial charge < -0.3 is 9.67 Å². The number of aromatic nitrogens is 1. The minimum atomic E-state index is -4.95. The van der Waals surface area contributed by atoms with Gasteiger partial charge in [-0.3, -0.25) is 0 Å². The van der Waals surface area contributed by atoms with Gasteiger partial charge in [-0.15, -0.1) is 0 Å². The van der Waals surface area contributed by atoms with E-state index in [0.717, 1.165) is 4.57 Å². The van der Waals surface area contributed by atoms with Crippen molar-refractivity contribution in [2.75, 3.05) is 0 Å². The highest BCUT2D eigenvalue weighted by atomic mass is 19.4. The topological polar surface area (TPSA) is 49.0 Å². The molecule has 1 aromatic carbocycles. The molecule has 3 nitrogen and oxygen atoms in total. The van der Waals surface area contributed by atoms with Crippen LogP contribution < -0.4 is 0 Å². The van der Waals surface area contributed by atoms with Gasteiger partial charge >= 0.3 is 6.18 Å². The summed E-state index contributed by atoms with van der Waals surface area (Å²) >= 11 is 0. The Hall–Kier alpha value is -2.47. The fourth-order valence-electron chi connectivity index (χ4n) is 3.16. The second kappa shape index (κ2) is 6.06. The Kier molecular flexibility index (Phi) is 4.27. The number of aliphatic hydroxyl groups is 1. The van der Waals surface area contributed by atoms with Crippen molar-refractivity contribution in [3.05, 3.63) is 52.3 Å². The molecule has 1 N–H and O–H groups in total. The van der Waals surface area contributed by atoms with E-state index in [-0.39, 0.29) is 28.9 Å². The lowest BCUT2D eigenvalue weighted by atomic mass is 9.89. The third kappa shape index (κ3) is 2.84. The summed E-state index contributed by atoms with van der Waals surface area (Å²) in [5.41, 5.74) is -2.22. The molecule has 0 spiro atoms. The van der Waals surface area contributed by atoms with Crippen molar-refractivity contribution in [2.24, 2.45) is 0 Å². The van der Waals surface area contributed by atoms with Gasteiger partial charge in [0, 0.05) is 35.1 Å². The minimum Gasteiger partial charge on any atom is -0.382 e. The summed E-state index contributed by atoms with van der Waals surface area (Å²) in [6.07, 6.45) is -8.10. The summed E-state index contributed by atoms with van der Waals surface area (Å²) in [5.74, 6) is -3.67. The summed E-state index contributed by atoms with van der Waals surface area (Å²) in [6, 6.07) is 5.51. The Morgan fingerprint density at radius 1 is 1.31 bits per heavy atom.